The van der Waals surface area contributed by atoms with Crippen LogP contribution >= 0.6 is 39.0 Å². The SMILES string of the molecule is CSc1nnc(NC(=O)CN(c2cccc(Br)c2)S(=O)(=O)c2ccc(C)cc2)s1. The van der Waals surface area contributed by atoms with Gasteiger partial charge in [0.05, 0.1) is 10.6 Å². The minimum absolute atomic E-state index is 0.108. The van der Waals surface area contributed by atoms with E-state index in [2.05, 4.69) is 31.4 Å². The van der Waals surface area contributed by atoms with Crippen LogP contribution in [0.15, 0.2) is 62.2 Å². The monoisotopic (exact) mass is 512 g/mol. The normalized spacial score (nSPS) is 11.3. The van der Waals surface area contributed by atoms with E-state index in [0.29, 0.717) is 19.6 Å². The molecule has 0 unspecified atom stereocenters. The first-order chi connectivity index (χ1) is 13.8. The number of carbonyl (C=O) groups excluding carboxylic acids is 1. The lowest BCUT2D eigenvalue weighted by molar-refractivity contribution is -0.114. The second-order valence-electron chi connectivity index (χ2n) is 5.93. The highest BCUT2D eigenvalue weighted by atomic mass is 79.9. The van der Waals surface area contributed by atoms with Gasteiger partial charge in [0.2, 0.25) is 11.0 Å². The van der Waals surface area contributed by atoms with Gasteiger partial charge in [-0.15, -0.1) is 10.2 Å². The summed E-state index contributed by atoms with van der Waals surface area (Å²) in [6, 6.07) is 13.3. The van der Waals surface area contributed by atoms with Crippen molar-refractivity contribution < 1.29 is 13.2 Å². The van der Waals surface area contributed by atoms with E-state index in [1.54, 1.807) is 36.4 Å². The van der Waals surface area contributed by atoms with Crippen LogP contribution in [0.5, 0.6) is 0 Å². The Morgan fingerprint density at radius 1 is 1.21 bits per heavy atom. The van der Waals surface area contributed by atoms with Crippen LogP contribution in [-0.2, 0) is 14.8 Å². The number of amides is 1. The van der Waals surface area contributed by atoms with Crippen molar-refractivity contribution in [3.8, 4) is 0 Å². The van der Waals surface area contributed by atoms with Crippen molar-refractivity contribution in [1.29, 1.82) is 0 Å². The topological polar surface area (TPSA) is 92.3 Å². The number of anilines is 2. The average Bonchev–Trinajstić information content (AvgIpc) is 3.14. The Hall–Kier alpha value is -1.95. The van der Waals surface area contributed by atoms with Crippen molar-refractivity contribution in [3.63, 3.8) is 0 Å². The zero-order valence-corrected chi connectivity index (χ0v) is 19.5. The van der Waals surface area contributed by atoms with Crippen LogP contribution in [0.25, 0.3) is 0 Å². The lowest BCUT2D eigenvalue weighted by Gasteiger charge is -2.24. The number of rotatable bonds is 7. The Bertz CT molecular complexity index is 1120. The summed E-state index contributed by atoms with van der Waals surface area (Å²) in [5.41, 5.74) is 1.31. The third-order valence-electron chi connectivity index (χ3n) is 3.82. The van der Waals surface area contributed by atoms with Gasteiger partial charge in [-0.25, -0.2) is 8.42 Å². The molecular formula is C18H17BrN4O3S3. The van der Waals surface area contributed by atoms with Gasteiger partial charge in [-0.2, -0.15) is 0 Å². The third-order valence-corrected chi connectivity index (χ3v) is 7.92. The van der Waals surface area contributed by atoms with Gasteiger partial charge in [-0.1, -0.05) is 62.8 Å². The maximum Gasteiger partial charge on any atom is 0.264 e. The average molecular weight is 513 g/mol. The molecule has 1 N–H and O–H groups in total. The number of hydrogen-bond donors (Lipinski definition) is 1. The Kier molecular flexibility index (Phi) is 6.93. The Labute approximate surface area is 185 Å². The molecule has 29 heavy (non-hydrogen) atoms. The summed E-state index contributed by atoms with van der Waals surface area (Å²) in [6.07, 6.45) is 1.86. The smallest absolute Gasteiger partial charge is 0.264 e. The number of hydrogen-bond acceptors (Lipinski definition) is 7. The van der Waals surface area contributed by atoms with Crippen LogP contribution in [0, 0.1) is 6.92 Å². The predicted molar refractivity (Wildman–Crippen MR) is 120 cm³/mol. The molecule has 152 valence electrons. The van der Waals surface area contributed by atoms with E-state index in [1.165, 1.54) is 35.2 Å². The summed E-state index contributed by atoms with van der Waals surface area (Å²) in [6.45, 7) is 1.47. The molecule has 0 aliphatic rings. The van der Waals surface area contributed by atoms with Crippen LogP contribution in [0.3, 0.4) is 0 Å². The highest BCUT2D eigenvalue weighted by Gasteiger charge is 2.27. The standard InChI is InChI=1S/C18H17BrN4O3S3/c1-12-6-8-15(9-7-12)29(25,26)23(14-5-3-4-13(19)10-14)11-16(24)20-17-21-22-18(27-2)28-17/h3-10H,11H2,1-2H3,(H,20,21,24). The summed E-state index contributed by atoms with van der Waals surface area (Å²) in [5.74, 6) is -0.510. The van der Waals surface area contributed by atoms with E-state index in [1.807, 2.05) is 13.2 Å². The molecule has 0 saturated carbocycles. The molecular weight excluding hydrogens is 496 g/mol. The van der Waals surface area contributed by atoms with E-state index in [-0.39, 0.29) is 4.90 Å². The molecule has 11 heteroatoms. The summed E-state index contributed by atoms with van der Waals surface area (Å²) in [5, 5.41) is 10.8. The van der Waals surface area contributed by atoms with Crippen LogP contribution in [-0.4, -0.2) is 37.3 Å². The molecule has 1 heterocycles. The van der Waals surface area contributed by atoms with E-state index in [0.717, 1.165) is 9.87 Å². The Balaban J connectivity index is 1.92. The van der Waals surface area contributed by atoms with Gasteiger partial charge in [-0.05, 0) is 43.5 Å². The van der Waals surface area contributed by atoms with Crippen molar-refractivity contribution in [1.82, 2.24) is 10.2 Å². The minimum Gasteiger partial charge on any atom is -0.299 e. The van der Waals surface area contributed by atoms with Crippen LogP contribution in [0.4, 0.5) is 10.8 Å². The number of aromatic nitrogens is 2. The number of aryl methyl sites for hydroxylation is 1. The maximum absolute atomic E-state index is 13.3. The van der Waals surface area contributed by atoms with E-state index in [4.69, 9.17) is 0 Å². The third kappa shape index (κ3) is 5.35. The largest absolute Gasteiger partial charge is 0.299 e. The molecule has 0 spiro atoms. The first kappa shape index (κ1) is 21.8. The number of thioether (sulfide) groups is 1. The molecule has 1 aromatic heterocycles. The molecule has 0 atom stereocenters. The van der Waals surface area contributed by atoms with Gasteiger partial charge < -0.3 is 0 Å². The first-order valence-corrected chi connectivity index (χ1v) is 12.6. The fourth-order valence-corrected chi connectivity index (χ4v) is 5.40. The zero-order valence-electron chi connectivity index (χ0n) is 15.5. The van der Waals surface area contributed by atoms with Gasteiger partial charge in [0.25, 0.3) is 10.0 Å². The number of nitrogens with one attached hydrogen (secondary N) is 1. The highest BCUT2D eigenvalue weighted by molar-refractivity contribution is 9.10. The number of benzene rings is 2. The molecule has 0 aliphatic heterocycles. The Morgan fingerprint density at radius 2 is 1.93 bits per heavy atom. The van der Waals surface area contributed by atoms with Crippen LogP contribution in [0.1, 0.15) is 5.56 Å². The van der Waals surface area contributed by atoms with Crippen molar-refractivity contribution in [2.24, 2.45) is 0 Å². The van der Waals surface area contributed by atoms with E-state index in [9.17, 15) is 13.2 Å². The number of sulfonamides is 1. The van der Waals surface area contributed by atoms with Gasteiger partial charge in [-0.3, -0.25) is 14.4 Å². The fourth-order valence-electron chi connectivity index (χ4n) is 2.42. The summed E-state index contributed by atoms with van der Waals surface area (Å²) >= 11 is 5.99. The van der Waals surface area contributed by atoms with Crippen molar-refractivity contribution in [2.45, 2.75) is 16.2 Å². The molecule has 1 amide bonds. The van der Waals surface area contributed by atoms with Crippen LogP contribution in [0.2, 0.25) is 0 Å². The lowest BCUT2D eigenvalue weighted by Crippen LogP contribution is -2.38. The van der Waals surface area contributed by atoms with Gasteiger partial charge in [0.15, 0.2) is 4.34 Å². The maximum atomic E-state index is 13.3. The van der Waals surface area contributed by atoms with Crippen molar-refractivity contribution in [2.75, 3.05) is 22.4 Å². The van der Waals surface area contributed by atoms with Crippen molar-refractivity contribution >= 4 is 65.8 Å². The number of nitrogens with zero attached hydrogens (tertiary/aromatic N) is 3. The fraction of sp³-hybridized carbons (Fsp3) is 0.167. The molecule has 0 aliphatic carbocycles. The highest BCUT2D eigenvalue weighted by Crippen LogP contribution is 2.27. The minimum atomic E-state index is -3.96. The second-order valence-corrected chi connectivity index (χ2v) is 10.7. The summed E-state index contributed by atoms with van der Waals surface area (Å²) in [7, 11) is -3.96. The molecule has 7 nitrogen and oxygen atoms in total. The first-order valence-electron chi connectivity index (χ1n) is 8.32. The molecule has 0 saturated heterocycles. The molecule has 0 radical (unpaired) electrons. The summed E-state index contributed by atoms with van der Waals surface area (Å²) < 4.78 is 29.1. The second kappa shape index (κ2) is 9.24. The predicted octanol–water partition coefficient (Wildman–Crippen LogP) is 4.16. The molecule has 0 bridgehead atoms. The van der Waals surface area contributed by atoms with Gasteiger partial charge in [0, 0.05) is 4.47 Å². The quantitative estimate of drug-likeness (QED) is 0.377. The van der Waals surface area contributed by atoms with E-state index < -0.39 is 22.5 Å². The van der Waals surface area contributed by atoms with Crippen molar-refractivity contribution in [3.05, 3.63) is 58.6 Å². The van der Waals surface area contributed by atoms with Gasteiger partial charge in [0.1, 0.15) is 6.54 Å². The zero-order chi connectivity index (χ0) is 21.0. The number of halogens is 1. The van der Waals surface area contributed by atoms with Gasteiger partial charge >= 0.3 is 0 Å². The summed E-state index contributed by atoms with van der Waals surface area (Å²) in [4.78, 5) is 12.7. The lowest BCUT2D eigenvalue weighted by atomic mass is 10.2. The Morgan fingerprint density at radius 3 is 2.55 bits per heavy atom. The van der Waals surface area contributed by atoms with Crippen LogP contribution < -0.4 is 9.62 Å². The molecule has 3 rings (SSSR count). The number of carbonyl (C=O) groups is 1. The molecule has 0 fully saturated rings. The molecule has 2 aromatic carbocycles. The molecule has 3 aromatic rings. The van der Waals surface area contributed by atoms with E-state index >= 15 is 0 Å².